The first-order chi connectivity index (χ1) is 12.6. The maximum Gasteiger partial charge on any atom is 0.280 e. The zero-order chi connectivity index (χ0) is 18.5. The Balaban J connectivity index is 2.10. The molecule has 2 aromatic carbocycles. The standard InChI is InChI=1S/C19H19ClN2OS3/c1-3-25-16-7-5-4-6-14(16)18(23)21-19-22(10-11-24-2)15-9-8-13(20)12-17(15)26-19/h4-9,12H,3,10-11H2,1-2H3. The highest BCUT2D eigenvalue weighted by atomic mass is 35.5. The van der Waals surface area contributed by atoms with Crippen molar-refractivity contribution in [1.29, 1.82) is 0 Å². The molecule has 0 N–H and O–H groups in total. The summed E-state index contributed by atoms with van der Waals surface area (Å²) in [6.45, 7) is 2.88. The van der Waals surface area contributed by atoms with Crippen molar-refractivity contribution in [3.8, 4) is 0 Å². The number of halogens is 1. The van der Waals surface area contributed by atoms with Gasteiger partial charge in [0.1, 0.15) is 0 Å². The molecule has 7 heteroatoms. The van der Waals surface area contributed by atoms with Gasteiger partial charge in [-0.3, -0.25) is 4.79 Å². The van der Waals surface area contributed by atoms with Crippen LogP contribution in [0.4, 0.5) is 0 Å². The second kappa shape index (κ2) is 9.13. The number of thioether (sulfide) groups is 2. The first-order valence-corrected chi connectivity index (χ1v) is 11.8. The predicted molar refractivity (Wildman–Crippen MR) is 116 cm³/mol. The maximum absolute atomic E-state index is 12.9. The number of thiazole rings is 1. The number of benzene rings is 2. The summed E-state index contributed by atoms with van der Waals surface area (Å²) < 4.78 is 3.15. The van der Waals surface area contributed by atoms with E-state index in [0.717, 1.165) is 38.0 Å². The summed E-state index contributed by atoms with van der Waals surface area (Å²) in [6, 6.07) is 13.5. The first-order valence-electron chi connectivity index (χ1n) is 8.22. The zero-order valence-electron chi connectivity index (χ0n) is 14.6. The van der Waals surface area contributed by atoms with E-state index in [0.29, 0.717) is 10.6 Å². The third-order valence-corrected chi connectivity index (χ3v) is 6.60. The molecule has 0 spiro atoms. The van der Waals surface area contributed by atoms with E-state index < -0.39 is 0 Å². The first kappa shape index (κ1) is 19.5. The highest BCUT2D eigenvalue weighted by Crippen LogP contribution is 2.24. The summed E-state index contributed by atoms with van der Waals surface area (Å²) in [5.41, 5.74) is 1.72. The summed E-state index contributed by atoms with van der Waals surface area (Å²) in [6.07, 6.45) is 2.08. The number of aryl methyl sites for hydroxylation is 1. The minimum absolute atomic E-state index is 0.197. The van der Waals surface area contributed by atoms with E-state index in [4.69, 9.17) is 11.6 Å². The van der Waals surface area contributed by atoms with Crippen LogP contribution in [0.1, 0.15) is 17.3 Å². The van der Waals surface area contributed by atoms with Gasteiger partial charge in [-0.1, -0.05) is 42.0 Å². The molecule has 0 aliphatic heterocycles. The lowest BCUT2D eigenvalue weighted by Crippen LogP contribution is -2.18. The summed E-state index contributed by atoms with van der Waals surface area (Å²) in [7, 11) is 0. The number of fused-ring (bicyclic) bond motifs is 1. The smallest absolute Gasteiger partial charge is 0.280 e. The van der Waals surface area contributed by atoms with Gasteiger partial charge in [0.15, 0.2) is 4.80 Å². The quantitative estimate of drug-likeness (QED) is 0.487. The van der Waals surface area contributed by atoms with Crippen LogP contribution in [0.15, 0.2) is 52.4 Å². The Morgan fingerprint density at radius 2 is 2.08 bits per heavy atom. The highest BCUT2D eigenvalue weighted by Gasteiger charge is 2.12. The van der Waals surface area contributed by atoms with Crippen LogP contribution in [0.3, 0.4) is 0 Å². The minimum atomic E-state index is -0.197. The van der Waals surface area contributed by atoms with E-state index in [9.17, 15) is 4.79 Å². The third-order valence-electron chi connectivity index (χ3n) is 3.78. The van der Waals surface area contributed by atoms with Gasteiger partial charge >= 0.3 is 0 Å². The van der Waals surface area contributed by atoms with Gasteiger partial charge in [0, 0.05) is 22.2 Å². The molecule has 0 unspecified atom stereocenters. The Hall–Kier alpha value is -1.21. The molecule has 3 nitrogen and oxygen atoms in total. The van der Waals surface area contributed by atoms with Crippen LogP contribution in [0.25, 0.3) is 10.2 Å². The number of carbonyl (C=O) groups is 1. The monoisotopic (exact) mass is 422 g/mol. The predicted octanol–water partition coefficient (Wildman–Crippen LogP) is 5.57. The average molecular weight is 423 g/mol. The molecule has 26 heavy (non-hydrogen) atoms. The number of nitrogens with zero attached hydrogens (tertiary/aromatic N) is 2. The molecule has 0 aliphatic carbocycles. The number of aromatic nitrogens is 1. The van der Waals surface area contributed by atoms with Crippen molar-refractivity contribution in [2.45, 2.75) is 18.4 Å². The second-order valence-corrected chi connectivity index (χ2v) is 9.22. The van der Waals surface area contributed by atoms with Gasteiger partial charge in [0.2, 0.25) is 0 Å². The molecule has 1 amide bonds. The van der Waals surface area contributed by atoms with Crippen molar-refractivity contribution in [3.63, 3.8) is 0 Å². The number of hydrogen-bond acceptors (Lipinski definition) is 4. The molecular formula is C19H19ClN2OS3. The number of carbonyl (C=O) groups excluding carboxylic acids is 1. The lowest BCUT2D eigenvalue weighted by atomic mass is 10.2. The van der Waals surface area contributed by atoms with Gasteiger partial charge in [-0.05, 0) is 42.3 Å². The molecule has 0 saturated carbocycles. The molecule has 0 bridgehead atoms. The zero-order valence-corrected chi connectivity index (χ0v) is 17.8. The number of rotatable bonds is 6. The van der Waals surface area contributed by atoms with Crippen LogP contribution in [-0.4, -0.2) is 28.2 Å². The van der Waals surface area contributed by atoms with Gasteiger partial charge < -0.3 is 4.57 Å². The van der Waals surface area contributed by atoms with Crippen molar-refractivity contribution < 1.29 is 4.79 Å². The van der Waals surface area contributed by atoms with Gasteiger partial charge in [0.05, 0.1) is 15.8 Å². The Morgan fingerprint density at radius 1 is 1.27 bits per heavy atom. The van der Waals surface area contributed by atoms with Gasteiger partial charge in [-0.15, -0.1) is 11.8 Å². The van der Waals surface area contributed by atoms with E-state index in [-0.39, 0.29) is 5.91 Å². The van der Waals surface area contributed by atoms with E-state index in [1.165, 1.54) is 11.3 Å². The van der Waals surface area contributed by atoms with Crippen LogP contribution >= 0.6 is 46.5 Å². The van der Waals surface area contributed by atoms with Crippen molar-refractivity contribution in [2.75, 3.05) is 17.8 Å². The van der Waals surface area contributed by atoms with Gasteiger partial charge in [-0.2, -0.15) is 16.8 Å². The third kappa shape index (κ3) is 4.36. The number of hydrogen-bond donors (Lipinski definition) is 0. The normalized spacial score (nSPS) is 12.0. The molecule has 0 saturated heterocycles. The average Bonchev–Trinajstić information content (AvgIpc) is 2.96. The topological polar surface area (TPSA) is 34.4 Å². The van der Waals surface area contributed by atoms with Crippen molar-refractivity contribution in [1.82, 2.24) is 4.57 Å². The molecule has 3 aromatic rings. The highest BCUT2D eigenvalue weighted by molar-refractivity contribution is 7.99. The Labute approximate surface area is 170 Å². The molecule has 0 radical (unpaired) electrons. The fraction of sp³-hybridized carbons (Fsp3) is 0.263. The molecule has 0 atom stereocenters. The van der Waals surface area contributed by atoms with Crippen LogP contribution < -0.4 is 4.80 Å². The lowest BCUT2D eigenvalue weighted by molar-refractivity contribution is 0.0995. The second-order valence-electron chi connectivity index (χ2n) is 5.49. The fourth-order valence-electron chi connectivity index (χ4n) is 2.60. The Bertz CT molecular complexity index is 994. The van der Waals surface area contributed by atoms with Crippen LogP contribution in [-0.2, 0) is 6.54 Å². The molecule has 0 fully saturated rings. The van der Waals surface area contributed by atoms with Gasteiger partial charge in [0.25, 0.3) is 5.91 Å². The molecule has 136 valence electrons. The lowest BCUT2D eigenvalue weighted by Gasteiger charge is -2.05. The summed E-state index contributed by atoms with van der Waals surface area (Å²) in [5.74, 6) is 1.68. The summed E-state index contributed by atoms with van der Waals surface area (Å²) in [4.78, 5) is 19.0. The van der Waals surface area contributed by atoms with Crippen molar-refractivity contribution >= 4 is 62.6 Å². The van der Waals surface area contributed by atoms with Crippen LogP contribution in [0, 0.1) is 0 Å². The molecule has 3 rings (SSSR count). The van der Waals surface area contributed by atoms with Crippen molar-refractivity contribution in [3.05, 3.63) is 57.9 Å². The van der Waals surface area contributed by atoms with E-state index >= 15 is 0 Å². The summed E-state index contributed by atoms with van der Waals surface area (Å²) >= 11 is 11.1. The van der Waals surface area contributed by atoms with E-state index in [2.05, 4.69) is 22.7 Å². The SMILES string of the molecule is CCSc1ccccc1C(=O)N=c1sc2cc(Cl)ccc2n1CCSC. The molecule has 1 heterocycles. The molecule has 1 aromatic heterocycles. The Morgan fingerprint density at radius 3 is 2.85 bits per heavy atom. The molecule has 0 aliphatic rings. The molecular weight excluding hydrogens is 404 g/mol. The minimum Gasteiger partial charge on any atom is -0.316 e. The Kier molecular flexibility index (Phi) is 6.86. The van der Waals surface area contributed by atoms with Gasteiger partial charge in [-0.25, -0.2) is 0 Å². The summed E-state index contributed by atoms with van der Waals surface area (Å²) in [5, 5.41) is 0.693. The fourth-order valence-corrected chi connectivity index (χ4v) is 5.10. The van der Waals surface area contributed by atoms with E-state index in [1.807, 2.05) is 42.5 Å². The maximum atomic E-state index is 12.9. The van der Waals surface area contributed by atoms with Crippen LogP contribution in [0.2, 0.25) is 5.02 Å². The number of amides is 1. The van der Waals surface area contributed by atoms with E-state index in [1.54, 1.807) is 23.5 Å². The van der Waals surface area contributed by atoms with Crippen LogP contribution in [0.5, 0.6) is 0 Å². The van der Waals surface area contributed by atoms with Crippen molar-refractivity contribution in [2.24, 2.45) is 4.99 Å². The largest absolute Gasteiger partial charge is 0.316 e.